The summed E-state index contributed by atoms with van der Waals surface area (Å²) in [6.45, 7) is 12.9. The molecule has 0 aliphatic carbocycles. The van der Waals surface area contributed by atoms with Crippen LogP contribution in [-0.2, 0) is 26.1 Å². The van der Waals surface area contributed by atoms with Gasteiger partial charge in [-0.3, -0.25) is 9.69 Å². The molecule has 9 heteroatoms. The maximum atomic E-state index is 13.2. The number of nitrogens with one attached hydrogen (secondary N) is 2. The average molecular weight is 485 g/mol. The molecule has 0 bridgehead atoms. The molecular formula is C27H32N8O. The van der Waals surface area contributed by atoms with E-state index in [0.29, 0.717) is 29.3 Å². The monoisotopic (exact) mass is 484 g/mol. The Labute approximate surface area is 210 Å². The van der Waals surface area contributed by atoms with Gasteiger partial charge in [-0.15, -0.1) is 6.58 Å². The van der Waals surface area contributed by atoms with Crippen molar-refractivity contribution >= 4 is 22.7 Å². The van der Waals surface area contributed by atoms with Crippen molar-refractivity contribution in [3.63, 3.8) is 0 Å². The van der Waals surface area contributed by atoms with Gasteiger partial charge in [0, 0.05) is 25.0 Å². The molecule has 0 atom stereocenters. The molecule has 0 fully saturated rings. The number of hydrogen-bond acceptors (Lipinski definition) is 7. The summed E-state index contributed by atoms with van der Waals surface area (Å²) in [7, 11) is 0. The van der Waals surface area contributed by atoms with Gasteiger partial charge in [-0.25, -0.2) is 19.3 Å². The minimum absolute atomic E-state index is 0.173. The first kappa shape index (κ1) is 23.9. The van der Waals surface area contributed by atoms with Crippen molar-refractivity contribution in [3.8, 4) is 5.82 Å². The number of allylic oxidation sites excluding steroid dienone is 1. The van der Waals surface area contributed by atoms with Crippen LogP contribution < -0.4 is 16.2 Å². The van der Waals surface area contributed by atoms with Gasteiger partial charge < -0.3 is 10.6 Å². The molecule has 3 aromatic heterocycles. The molecule has 9 nitrogen and oxygen atoms in total. The Balaban J connectivity index is 1.56. The Morgan fingerprint density at radius 2 is 2.03 bits per heavy atom. The predicted octanol–water partition coefficient (Wildman–Crippen LogP) is 3.39. The van der Waals surface area contributed by atoms with Gasteiger partial charge in [0.05, 0.1) is 12.2 Å². The maximum absolute atomic E-state index is 13.2. The summed E-state index contributed by atoms with van der Waals surface area (Å²) in [4.78, 5) is 29.7. The predicted molar refractivity (Wildman–Crippen MR) is 143 cm³/mol. The highest BCUT2D eigenvalue weighted by Crippen LogP contribution is 2.22. The number of benzene rings is 1. The lowest BCUT2D eigenvalue weighted by atomic mass is 10.0. The zero-order valence-corrected chi connectivity index (χ0v) is 20.9. The fourth-order valence-electron chi connectivity index (χ4n) is 4.64. The van der Waals surface area contributed by atoms with Crippen molar-refractivity contribution in [2.24, 2.45) is 0 Å². The van der Waals surface area contributed by atoms with Crippen LogP contribution in [0.15, 0.2) is 60.0 Å². The molecule has 1 aromatic carbocycles. The smallest absolute Gasteiger partial charge is 0.278 e. The number of hydrogen-bond donors (Lipinski definition) is 2. The van der Waals surface area contributed by atoms with Crippen LogP contribution in [0.5, 0.6) is 0 Å². The summed E-state index contributed by atoms with van der Waals surface area (Å²) in [6.07, 6.45) is 4.28. The lowest BCUT2D eigenvalue weighted by molar-refractivity contribution is 0.292. The van der Waals surface area contributed by atoms with Crippen LogP contribution in [0.4, 0.5) is 11.6 Å². The number of rotatable bonds is 9. The molecular weight excluding hydrogens is 452 g/mol. The van der Waals surface area contributed by atoms with Gasteiger partial charge in [-0.05, 0) is 61.4 Å². The molecule has 2 N–H and O–H groups in total. The SMILES string of the molecule is C=CCn1c(=O)c2cnc(Nc3ccc4c(c3)CCNC4)nc2n1-c1cccc(CN(CC)CC)n1. The molecule has 1 aliphatic rings. The lowest BCUT2D eigenvalue weighted by Gasteiger charge is -2.18. The van der Waals surface area contributed by atoms with Gasteiger partial charge in [-0.2, -0.15) is 4.98 Å². The first-order chi connectivity index (χ1) is 17.6. The molecule has 4 aromatic rings. The van der Waals surface area contributed by atoms with Crippen LogP contribution >= 0.6 is 0 Å². The van der Waals surface area contributed by atoms with Crippen molar-refractivity contribution in [1.29, 1.82) is 0 Å². The van der Waals surface area contributed by atoms with E-state index in [2.05, 4.69) is 53.1 Å². The summed E-state index contributed by atoms with van der Waals surface area (Å²) in [5.74, 6) is 1.07. The van der Waals surface area contributed by atoms with Gasteiger partial charge in [0.1, 0.15) is 5.39 Å². The zero-order valence-electron chi connectivity index (χ0n) is 20.9. The van der Waals surface area contributed by atoms with Gasteiger partial charge in [0.2, 0.25) is 5.95 Å². The number of aromatic nitrogens is 5. The van der Waals surface area contributed by atoms with Crippen LogP contribution in [0, 0.1) is 0 Å². The minimum atomic E-state index is -0.173. The van der Waals surface area contributed by atoms with E-state index >= 15 is 0 Å². The largest absolute Gasteiger partial charge is 0.324 e. The van der Waals surface area contributed by atoms with Crippen molar-refractivity contribution in [1.82, 2.24) is 34.5 Å². The summed E-state index contributed by atoms with van der Waals surface area (Å²) in [5, 5.41) is 7.16. The number of nitrogens with zero attached hydrogens (tertiary/aromatic N) is 6. The standard InChI is InChI=1S/C27H32N8O/c1-4-14-34-26(36)23-17-29-27(31-21-11-10-20-16-28-13-12-19(20)15-21)32-25(23)35(34)24-9-7-8-22(30-24)18-33(5-2)6-3/h4,7-11,15,17,28H,1,5-6,12-14,16,18H2,2-3H3,(H,29,31,32). The highest BCUT2D eigenvalue weighted by atomic mass is 16.1. The number of pyridine rings is 1. The quantitative estimate of drug-likeness (QED) is 0.352. The highest BCUT2D eigenvalue weighted by Gasteiger charge is 2.18. The van der Waals surface area contributed by atoms with E-state index in [9.17, 15) is 4.79 Å². The molecule has 0 saturated carbocycles. The van der Waals surface area contributed by atoms with E-state index in [1.807, 2.05) is 24.3 Å². The lowest BCUT2D eigenvalue weighted by Crippen LogP contribution is -2.24. The molecule has 0 saturated heterocycles. The summed E-state index contributed by atoms with van der Waals surface area (Å²) in [6, 6.07) is 12.2. The molecule has 0 amide bonds. The van der Waals surface area contributed by atoms with Crippen LogP contribution in [-0.4, -0.2) is 48.8 Å². The van der Waals surface area contributed by atoms with Crippen molar-refractivity contribution in [2.45, 2.75) is 39.9 Å². The molecule has 0 spiro atoms. The Morgan fingerprint density at radius 1 is 1.17 bits per heavy atom. The first-order valence-corrected chi connectivity index (χ1v) is 12.5. The second-order valence-electron chi connectivity index (χ2n) is 8.90. The maximum Gasteiger partial charge on any atom is 0.278 e. The third-order valence-corrected chi connectivity index (χ3v) is 6.62. The van der Waals surface area contributed by atoms with Gasteiger partial charge in [0.25, 0.3) is 5.56 Å². The summed E-state index contributed by atoms with van der Waals surface area (Å²) in [5.41, 5.74) is 4.83. The third-order valence-electron chi connectivity index (χ3n) is 6.62. The Bertz CT molecular complexity index is 1450. The summed E-state index contributed by atoms with van der Waals surface area (Å²) >= 11 is 0. The van der Waals surface area contributed by atoms with Crippen molar-refractivity contribution in [3.05, 3.63) is 82.4 Å². The van der Waals surface area contributed by atoms with Crippen LogP contribution in [0.1, 0.15) is 30.7 Å². The molecule has 0 radical (unpaired) electrons. The number of fused-ring (bicyclic) bond motifs is 2. The fourth-order valence-corrected chi connectivity index (χ4v) is 4.64. The van der Waals surface area contributed by atoms with E-state index < -0.39 is 0 Å². The second-order valence-corrected chi connectivity index (χ2v) is 8.90. The Hall–Kier alpha value is -3.82. The molecule has 186 valence electrons. The van der Waals surface area contributed by atoms with Crippen LogP contribution in [0.2, 0.25) is 0 Å². The zero-order chi connectivity index (χ0) is 25.1. The minimum Gasteiger partial charge on any atom is -0.324 e. The van der Waals surface area contributed by atoms with Gasteiger partial charge in [-0.1, -0.05) is 32.1 Å². The molecule has 1 aliphatic heterocycles. The Morgan fingerprint density at radius 3 is 2.83 bits per heavy atom. The van der Waals surface area contributed by atoms with E-state index in [1.54, 1.807) is 21.6 Å². The first-order valence-electron chi connectivity index (χ1n) is 12.5. The normalized spacial score (nSPS) is 13.2. The van der Waals surface area contributed by atoms with Gasteiger partial charge >= 0.3 is 0 Å². The van der Waals surface area contributed by atoms with Crippen LogP contribution in [0.25, 0.3) is 16.9 Å². The summed E-state index contributed by atoms with van der Waals surface area (Å²) < 4.78 is 3.38. The number of anilines is 2. The molecule has 36 heavy (non-hydrogen) atoms. The average Bonchev–Trinajstić information content (AvgIpc) is 3.18. The van der Waals surface area contributed by atoms with Crippen LogP contribution in [0.3, 0.4) is 0 Å². The van der Waals surface area contributed by atoms with E-state index in [-0.39, 0.29) is 5.56 Å². The fraction of sp³-hybridized carbons (Fsp3) is 0.333. The van der Waals surface area contributed by atoms with E-state index in [1.165, 1.54) is 11.1 Å². The van der Waals surface area contributed by atoms with E-state index in [4.69, 9.17) is 9.97 Å². The highest BCUT2D eigenvalue weighted by molar-refractivity contribution is 5.77. The van der Waals surface area contributed by atoms with Crippen molar-refractivity contribution < 1.29 is 0 Å². The molecule has 5 rings (SSSR count). The molecule has 0 unspecified atom stereocenters. The Kier molecular flexibility index (Phi) is 6.92. The topological polar surface area (TPSA) is 92.9 Å². The van der Waals surface area contributed by atoms with E-state index in [0.717, 1.165) is 50.5 Å². The third kappa shape index (κ3) is 4.67. The van der Waals surface area contributed by atoms with Gasteiger partial charge in [0.15, 0.2) is 11.5 Å². The van der Waals surface area contributed by atoms with Crippen molar-refractivity contribution in [2.75, 3.05) is 25.0 Å². The second kappa shape index (κ2) is 10.4. The molecule has 4 heterocycles.